The highest BCUT2D eigenvalue weighted by Gasteiger charge is 2.25. The van der Waals surface area contributed by atoms with Gasteiger partial charge < -0.3 is 25.4 Å². The highest BCUT2D eigenvalue weighted by Crippen LogP contribution is 2.24. The summed E-state index contributed by atoms with van der Waals surface area (Å²) < 4.78 is 5.30. The van der Waals surface area contributed by atoms with E-state index in [9.17, 15) is 4.79 Å². The number of rotatable bonds is 1. The first-order chi connectivity index (χ1) is 9.65. The van der Waals surface area contributed by atoms with E-state index < -0.39 is 6.09 Å². The molecular weight excluding hydrogens is 262 g/mol. The first-order valence-electron chi connectivity index (χ1n) is 6.61. The molecule has 0 spiro atoms. The summed E-state index contributed by atoms with van der Waals surface area (Å²) >= 11 is 0. The van der Waals surface area contributed by atoms with Crippen molar-refractivity contribution in [2.24, 2.45) is 0 Å². The predicted molar refractivity (Wildman–Crippen MR) is 71.6 cm³/mol. The molecular formula is C12H17N5O3. The molecule has 0 bridgehead atoms. The summed E-state index contributed by atoms with van der Waals surface area (Å²) in [5, 5.41) is 9.08. The molecule has 0 saturated carbocycles. The average Bonchev–Trinajstić information content (AvgIpc) is 2.47. The fourth-order valence-electron chi connectivity index (χ4n) is 2.51. The van der Waals surface area contributed by atoms with E-state index in [4.69, 9.17) is 15.6 Å². The number of nitrogens with zero attached hydrogens (tertiary/aromatic N) is 4. The summed E-state index contributed by atoms with van der Waals surface area (Å²) in [5.74, 6) is 1.03. The van der Waals surface area contributed by atoms with Gasteiger partial charge in [-0.1, -0.05) is 0 Å². The largest absolute Gasteiger partial charge is 0.465 e. The highest BCUT2D eigenvalue weighted by atomic mass is 16.5. The number of morpholine rings is 1. The minimum Gasteiger partial charge on any atom is -0.465 e. The molecule has 0 unspecified atom stereocenters. The van der Waals surface area contributed by atoms with Gasteiger partial charge in [-0.2, -0.15) is 4.98 Å². The van der Waals surface area contributed by atoms with Crippen molar-refractivity contribution in [1.29, 1.82) is 0 Å². The van der Waals surface area contributed by atoms with Gasteiger partial charge >= 0.3 is 6.09 Å². The average molecular weight is 279 g/mol. The minimum absolute atomic E-state index is 0.273. The van der Waals surface area contributed by atoms with Crippen LogP contribution in [0.2, 0.25) is 0 Å². The number of nitrogens with two attached hydrogens (primary N) is 1. The van der Waals surface area contributed by atoms with Crippen molar-refractivity contribution in [3.8, 4) is 0 Å². The van der Waals surface area contributed by atoms with Gasteiger partial charge in [-0.05, 0) is 6.42 Å². The maximum Gasteiger partial charge on any atom is 0.407 e. The van der Waals surface area contributed by atoms with E-state index in [0.717, 1.165) is 18.7 Å². The Morgan fingerprint density at radius 1 is 1.25 bits per heavy atom. The van der Waals surface area contributed by atoms with Gasteiger partial charge in [0.2, 0.25) is 5.95 Å². The minimum atomic E-state index is -0.930. The van der Waals surface area contributed by atoms with Gasteiger partial charge in [-0.15, -0.1) is 0 Å². The molecule has 108 valence electrons. The quantitative estimate of drug-likeness (QED) is 0.741. The van der Waals surface area contributed by atoms with Crippen molar-refractivity contribution >= 4 is 17.9 Å². The third-order valence-corrected chi connectivity index (χ3v) is 3.65. The Labute approximate surface area is 116 Å². The van der Waals surface area contributed by atoms with Crippen molar-refractivity contribution < 1.29 is 14.6 Å². The van der Waals surface area contributed by atoms with Crippen molar-refractivity contribution in [3.05, 3.63) is 11.3 Å². The Balaban J connectivity index is 1.89. The smallest absolute Gasteiger partial charge is 0.407 e. The van der Waals surface area contributed by atoms with Crippen LogP contribution in [0.3, 0.4) is 0 Å². The van der Waals surface area contributed by atoms with Crippen molar-refractivity contribution in [2.75, 3.05) is 43.5 Å². The second-order valence-corrected chi connectivity index (χ2v) is 4.89. The van der Waals surface area contributed by atoms with Gasteiger partial charge in [0, 0.05) is 25.2 Å². The van der Waals surface area contributed by atoms with E-state index in [1.165, 1.54) is 4.90 Å². The van der Waals surface area contributed by atoms with Gasteiger partial charge in [-0.3, -0.25) is 0 Å². The third-order valence-electron chi connectivity index (χ3n) is 3.65. The van der Waals surface area contributed by atoms with Crippen molar-refractivity contribution in [2.45, 2.75) is 13.0 Å². The Hall–Kier alpha value is -2.09. The van der Waals surface area contributed by atoms with Crippen molar-refractivity contribution in [3.63, 3.8) is 0 Å². The molecule has 2 aliphatic rings. The molecule has 0 radical (unpaired) electrons. The molecule has 1 aromatic heterocycles. The molecule has 1 amide bonds. The van der Waals surface area contributed by atoms with Crippen molar-refractivity contribution in [1.82, 2.24) is 14.9 Å². The number of carbonyl (C=O) groups is 1. The number of hydrogen-bond acceptors (Lipinski definition) is 6. The van der Waals surface area contributed by atoms with E-state index >= 15 is 0 Å². The molecule has 1 aromatic rings. The summed E-state index contributed by atoms with van der Waals surface area (Å²) in [6, 6.07) is 0. The van der Waals surface area contributed by atoms with Crippen LogP contribution in [0.15, 0.2) is 0 Å². The first-order valence-corrected chi connectivity index (χ1v) is 6.61. The number of fused-ring (bicyclic) bond motifs is 1. The second kappa shape index (κ2) is 5.12. The van der Waals surface area contributed by atoms with Crippen LogP contribution in [0.5, 0.6) is 0 Å². The molecule has 1 fully saturated rings. The summed E-state index contributed by atoms with van der Waals surface area (Å²) in [4.78, 5) is 23.3. The lowest BCUT2D eigenvalue weighted by Crippen LogP contribution is -2.39. The lowest BCUT2D eigenvalue weighted by atomic mass is 10.1. The molecule has 8 nitrogen and oxygen atoms in total. The van der Waals surface area contributed by atoms with Gasteiger partial charge in [0.1, 0.15) is 5.82 Å². The summed E-state index contributed by atoms with van der Waals surface area (Å²) in [7, 11) is 0. The first kappa shape index (κ1) is 12.9. The molecule has 20 heavy (non-hydrogen) atoms. The van der Waals surface area contributed by atoms with E-state index in [-0.39, 0.29) is 6.54 Å². The van der Waals surface area contributed by atoms with Crippen LogP contribution in [0.4, 0.5) is 16.6 Å². The van der Waals surface area contributed by atoms with Crippen LogP contribution in [0.1, 0.15) is 11.3 Å². The van der Waals surface area contributed by atoms with E-state index in [1.54, 1.807) is 0 Å². The van der Waals surface area contributed by atoms with Gasteiger partial charge in [-0.25, -0.2) is 9.78 Å². The number of aromatic nitrogens is 2. The maximum atomic E-state index is 11.1. The predicted octanol–water partition coefficient (Wildman–Crippen LogP) is -0.0685. The lowest BCUT2D eigenvalue weighted by Gasteiger charge is -2.30. The van der Waals surface area contributed by atoms with Gasteiger partial charge in [0.05, 0.1) is 25.5 Å². The van der Waals surface area contributed by atoms with Crippen LogP contribution in [0.25, 0.3) is 0 Å². The van der Waals surface area contributed by atoms with Crippen LogP contribution in [0, 0.1) is 0 Å². The zero-order valence-corrected chi connectivity index (χ0v) is 11.1. The standard InChI is InChI=1S/C12H17N5O3/c13-10-8-1-2-17(12(18)19)7-9(8)14-11(15-10)16-3-5-20-6-4-16/h1-7H2,(H,18,19)(H2,13,14,15). The number of anilines is 2. The SMILES string of the molecule is Nc1nc(N2CCOCC2)nc2c1CCN(C(=O)O)C2. The summed E-state index contributed by atoms with van der Waals surface area (Å²) in [6.45, 7) is 3.44. The molecule has 0 aliphatic carbocycles. The summed E-state index contributed by atoms with van der Waals surface area (Å²) in [5.41, 5.74) is 7.59. The molecule has 0 atom stereocenters. The van der Waals surface area contributed by atoms with E-state index in [1.807, 2.05) is 4.90 Å². The zero-order valence-electron chi connectivity index (χ0n) is 11.1. The fraction of sp³-hybridized carbons (Fsp3) is 0.583. The Morgan fingerprint density at radius 2 is 2.00 bits per heavy atom. The molecule has 3 rings (SSSR count). The molecule has 2 aliphatic heterocycles. The van der Waals surface area contributed by atoms with Crippen LogP contribution >= 0.6 is 0 Å². The molecule has 3 N–H and O–H groups in total. The number of amides is 1. The zero-order chi connectivity index (χ0) is 14.1. The van der Waals surface area contributed by atoms with Gasteiger partial charge in [0.15, 0.2) is 0 Å². The number of ether oxygens (including phenoxy) is 1. The number of nitrogen functional groups attached to an aromatic ring is 1. The van der Waals surface area contributed by atoms with Gasteiger partial charge in [0.25, 0.3) is 0 Å². The number of hydrogen-bond donors (Lipinski definition) is 2. The topological polar surface area (TPSA) is 105 Å². The Morgan fingerprint density at radius 3 is 2.70 bits per heavy atom. The fourth-order valence-corrected chi connectivity index (χ4v) is 2.51. The van der Waals surface area contributed by atoms with Crippen LogP contribution in [-0.2, 0) is 17.7 Å². The molecule has 1 saturated heterocycles. The van der Waals surface area contributed by atoms with E-state index in [0.29, 0.717) is 43.6 Å². The molecule has 8 heteroatoms. The monoisotopic (exact) mass is 279 g/mol. The highest BCUT2D eigenvalue weighted by molar-refractivity contribution is 5.66. The van der Waals surface area contributed by atoms with Crippen LogP contribution < -0.4 is 10.6 Å². The molecule has 0 aromatic carbocycles. The normalized spacial score (nSPS) is 18.8. The maximum absolute atomic E-state index is 11.1. The second-order valence-electron chi connectivity index (χ2n) is 4.89. The summed E-state index contributed by atoms with van der Waals surface area (Å²) in [6.07, 6.45) is -0.364. The number of carboxylic acid groups (broad SMARTS) is 1. The molecule has 3 heterocycles. The lowest BCUT2D eigenvalue weighted by molar-refractivity contribution is 0.122. The third kappa shape index (κ3) is 2.34. The van der Waals surface area contributed by atoms with E-state index in [2.05, 4.69) is 9.97 Å². The Bertz CT molecular complexity index is 530. The Kier molecular flexibility index (Phi) is 3.31. The van der Waals surface area contributed by atoms with Crippen LogP contribution in [-0.4, -0.2) is 58.9 Å².